The number of hydrogen-bond donors (Lipinski definition) is 0. The van der Waals surface area contributed by atoms with Crippen LogP contribution in [0, 0.1) is 11.8 Å². The van der Waals surface area contributed by atoms with E-state index in [0.29, 0.717) is 12.0 Å². The van der Waals surface area contributed by atoms with Crippen molar-refractivity contribution < 1.29 is 9.47 Å². The van der Waals surface area contributed by atoms with Crippen LogP contribution in [0.2, 0.25) is 0 Å². The van der Waals surface area contributed by atoms with Crippen LogP contribution in [0.15, 0.2) is 12.5 Å². The zero-order valence-electron chi connectivity index (χ0n) is 12.1. The van der Waals surface area contributed by atoms with Gasteiger partial charge in [0.25, 0.3) is 5.95 Å². The predicted molar refractivity (Wildman–Crippen MR) is 71.6 cm³/mol. The monoisotopic (exact) mass is 240 g/mol. The van der Waals surface area contributed by atoms with E-state index in [1.165, 1.54) is 12.8 Å². The molecule has 1 fully saturated rings. The van der Waals surface area contributed by atoms with Crippen molar-refractivity contribution in [1.29, 1.82) is 0 Å². The molecule has 0 atom stereocenters. The Labute approximate surface area is 106 Å². The van der Waals surface area contributed by atoms with Crippen molar-refractivity contribution in [3.63, 3.8) is 0 Å². The van der Waals surface area contributed by atoms with Gasteiger partial charge in [-0.05, 0) is 64.9 Å². The lowest BCUT2D eigenvalue weighted by Crippen LogP contribution is -2.26. The fraction of sp³-hybridized carbons (Fsp3) is 0.867. The predicted octanol–water partition coefficient (Wildman–Crippen LogP) is 4.50. The lowest BCUT2D eigenvalue weighted by atomic mass is 9.80. The van der Waals surface area contributed by atoms with Crippen molar-refractivity contribution in [1.82, 2.24) is 0 Å². The Bertz CT molecular complexity index is 242. The summed E-state index contributed by atoms with van der Waals surface area (Å²) in [4.78, 5) is 0. The summed E-state index contributed by atoms with van der Waals surface area (Å²) in [5.41, 5.74) is -0.216. The third-order valence-electron chi connectivity index (χ3n) is 3.38. The first-order valence-electron chi connectivity index (χ1n) is 6.82. The molecule has 0 amide bonds. The molecule has 1 saturated carbocycles. The van der Waals surface area contributed by atoms with Gasteiger partial charge in [-0.25, -0.2) is 0 Å². The van der Waals surface area contributed by atoms with Gasteiger partial charge in [-0.1, -0.05) is 13.8 Å². The Morgan fingerprint density at radius 3 is 2.06 bits per heavy atom. The largest absolute Gasteiger partial charge is 0.463 e. The Morgan fingerprint density at radius 2 is 1.65 bits per heavy atom. The molecular formula is C15H28O2. The van der Waals surface area contributed by atoms with E-state index < -0.39 is 0 Å². The van der Waals surface area contributed by atoms with Crippen LogP contribution in [0.1, 0.15) is 60.3 Å². The smallest absolute Gasteiger partial charge is 0.272 e. The molecule has 0 heterocycles. The SMILES string of the molecule is C=C(OC1CCC(C(C)C)CC1)OC(C)(C)C. The maximum Gasteiger partial charge on any atom is 0.272 e. The summed E-state index contributed by atoms with van der Waals surface area (Å²) in [5.74, 6) is 2.14. The van der Waals surface area contributed by atoms with Crippen molar-refractivity contribution in [2.45, 2.75) is 72.0 Å². The summed E-state index contributed by atoms with van der Waals surface area (Å²) < 4.78 is 11.4. The highest BCUT2D eigenvalue weighted by atomic mass is 16.7. The second kappa shape index (κ2) is 5.79. The Kier molecular flexibility index (Phi) is 4.91. The molecule has 0 aromatic rings. The topological polar surface area (TPSA) is 18.5 Å². The van der Waals surface area contributed by atoms with E-state index in [9.17, 15) is 0 Å². The van der Waals surface area contributed by atoms with Crippen molar-refractivity contribution >= 4 is 0 Å². The molecule has 0 aliphatic heterocycles. The van der Waals surface area contributed by atoms with Gasteiger partial charge in [0.15, 0.2) is 0 Å². The molecule has 0 N–H and O–H groups in total. The van der Waals surface area contributed by atoms with Crippen molar-refractivity contribution in [3.05, 3.63) is 12.5 Å². The van der Waals surface area contributed by atoms with Crippen LogP contribution < -0.4 is 0 Å². The summed E-state index contributed by atoms with van der Waals surface area (Å²) >= 11 is 0. The van der Waals surface area contributed by atoms with E-state index in [2.05, 4.69) is 20.4 Å². The van der Waals surface area contributed by atoms with Crippen LogP contribution in [0.25, 0.3) is 0 Å². The molecular weight excluding hydrogens is 212 g/mol. The summed E-state index contributed by atoms with van der Waals surface area (Å²) in [6.45, 7) is 14.5. The van der Waals surface area contributed by atoms with Gasteiger partial charge in [-0.15, -0.1) is 0 Å². The molecule has 0 radical (unpaired) electrons. The molecule has 0 bridgehead atoms. The van der Waals surface area contributed by atoms with Crippen LogP contribution >= 0.6 is 0 Å². The first-order chi connectivity index (χ1) is 7.78. The highest BCUT2D eigenvalue weighted by molar-refractivity contribution is 4.81. The molecule has 0 spiro atoms. The van der Waals surface area contributed by atoms with Crippen LogP contribution in [-0.4, -0.2) is 11.7 Å². The first kappa shape index (κ1) is 14.4. The molecule has 0 aromatic carbocycles. The molecule has 2 nitrogen and oxygen atoms in total. The van der Waals surface area contributed by atoms with Crippen LogP contribution in [0.3, 0.4) is 0 Å². The van der Waals surface area contributed by atoms with Crippen LogP contribution in [0.4, 0.5) is 0 Å². The quantitative estimate of drug-likeness (QED) is 0.673. The third-order valence-corrected chi connectivity index (χ3v) is 3.38. The highest BCUT2D eigenvalue weighted by Crippen LogP contribution is 2.32. The van der Waals surface area contributed by atoms with Gasteiger partial charge in [0.1, 0.15) is 11.7 Å². The van der Waals surface area contributed by atoms with Gasteiger partial charge in [-0.2, -0.15) is 0 Å². The average molecular weight is 240 g/mol. The molecule has 1 aliphatic rings. The van der Waals surface area contributed by atoms with Gasteiger partial charge >= 0.3 is 0 Å². The fourth-order valence-corrected chi connectivity index (χ4v) is 2.42. The molecule has 0 unspecified atom stereocenters. The van der Waals surface area contributed by atoms with Gasteiger partial charge in [0, 0.05) is 0 Å². The maximum atomic E-state index is 5.78. The molecule has 0 aromatic heterocycles. The Hall–Kier alpha value is -0.660. The maximum absolute atomic E-state index is 5.78. The average Bonchev–Trinajstić information content (AvgIpc) is 2.15. The zero-order chi connectivity index (χ0) is 13.1. The molecule has 1 aliphatic carbocycles. The van der Waals surface area contributed by atoms with Gasteiger partial charge < -0.3 is 9.47 Å². The molecule has 17 heavy (non-hydrogen) atoms. The minimum atomic E-state index is -0.216. The summed E-state index contributed by atoms with van der Waals surface area (Å²) in [7, 11) is 0. The number of rotatable bonds is 4. The summed E-state index contributed by atoms with van der Waals surface area (Å²) in [6, 6.07) is 0. The second-order valence-corrected chi connectivity index (χ2v) is 6.49. The van der Waals surface area contributed by atoms with E-state index in [-0.39, 0.29) is 5.60 Å². The summed E-state index contributed by atoms with van der Waals surface area (Å²) in [5, 5.41) is 0. The van der Waals surface area contributed by atoms with E-state index in [1.54, 1.807) is 0 Å². The van der Waals surface area contributed by atoms with E-state index in [4.69, 9.17) is 9.47 Å². The fourth-order valence-electron chi connectivity index (χ4n) is 2.42. The Morgan fingerprint density at radius 1 is 1.12 bits per heavy atom. The standard InChI is InChI=1S/C15H28O2/c1-11(2)13-7-9-14(10-8-13)16-12(3)17-15(4,5)6/h11,13-14H,3,7-10H2,1-2,4-6H3. The Balaban J connectivity index is 2.29. The minimum Gasteiger partial charge on any atom is -0.463 e. The molecule has 100 valence electrons. The lowest BCUT2D eigenvalue weighted by Gasteiger charge is -2.32. The molecule has 0 saturated heterocycles. The first-order valence-corrected chi connectivity index (χ1v) is 6.82. The number of hydrogen-bond acceptors (Lipinski definition) is 2. The van der Waals surface area contributed by atoms with E-state index >= 15 is 0 Å². The normalized spacial score (nSPS) is 25.8. The minimum absolute atomic E-state index is 0.216. The van der Waals surface area contributed by atoms with Gasteiger partial charge in [-0.3, -0.25) is 0 Å². The third kappa shape index (κ3) is 5.47. The van der Waals surface area contributed by atoms with Crippen molar-refractivity contribution in [2.24, 2.45) is 11.8 Å². The van der Waals surface area contributed by atoms with Crippen molar-refractivity contribution in [3.8, 4) is 0 Å². The zero-order valence-corrected chi connectivity index (χ0v) is 12.1. The molecule has 2 heteroatoms. The second-order valence-electron chi connectivity index (χ2n) is 6.49. The van der Waals surface area contributed by atoms with E-state index in [1.807, 2.05) is 20.8 Å². The van der Waals surface area contributed by atoms with E-state index in [0.717, 1.165) is 24.7 Å². The van der Waals surface area contributed by atoms with Crippen LogP contribution in [-0.2, 0) is 9.47 Å². The highest BCUT2D eigenvalue weighted by Gasteiger charge is 2.25. The van der Waals surface area contributed by atoms with Crippen LogP contribution in [0.5, 0.6) is 0 Å². The summed E-state index contributed by atoms with van der Waals surface area (Å²) in [6.07, 6.45) is 5.11. The number of ether oxygens (including phenoxy) is 2. The lowest BCUT2D eigenvalue weighted by molar-refractivity contribution is -0.0779. The van der Waals surface area contributed by atoms with Crippen molar-refractivity contribution in [2.75, 3.05) is 0 Å². The molecule has 1 rings (SSSR count). The van der Waals surface area contributed by atoms with Gasteiger partial charge in [0.05, 0.1) is 0 Å². The van der Waals surface area contributed by atoms with Gasteiger partial charge in [0.2, 0.25) is 0 Å².